The Morgan fingerprint density at radius 3 is 2.32 bits per heavy atom. The summed E-state index contributed by atoms with van der Waals surface area (Å²) < 4.78 is 13.1. The van der Waals surface area contributed by atoms with Gasteiger partial charge in [0, 0.05) is 6.54 Å². The molecule has 0 bridgehead atoms. The summed E-state index contributed by atoms with van der Waals surface area (Å²) >= 11 is 0. The van der Waals surface area contributed by atoms with Gasteiger partial charge in [0.05, 0.1) is 6.67 Å². The molecule has 2 aromatic carbocycles. The van der Waals surface area contributed by atoms with Crippen molar-refractivity contribution in [1.82, 2.24) is 15.1 Å². The van der Waals surface area contributed by atoms with Crippen molar-refractivity contribution in [3.8, 4) is 0 Å². The number of halogens is 1. The van der Waals surface area contributed by atoms with Crippen LogP contribution in [-0.2, 0) is 16.9 Å². The third-order valence-corrected chi connectivity index (χ3v) is 4.91. The highest BCUT2D eigenvalue weighted by Gasteiger charge is 2.52. The van der Waals surface area contributed by atoms with Gasteiger partial charge in [0.1, 0.15) is 11.4 Å². The number of hydrogen-bond donors (Lipinski definition) is 1. The Morgan fingerprint density at radius 1 is 1.07 bits per heavy atom. The highest BCUT2D eigenvalue weighted by molar-refractivity contribution is 6.07. The first-order valence-electron chi connectivity index (χ1n) is 9.44. The van der Waals surface area contributed by atoms with Gasteiger partial charge in [-0.2, -0.15) is 0 Å². The van der Waals surface area contributed by atoms with E-state index in [0.29, 0.717) is 13.0 Å². The average Bonchev–Trinajstić information content (AvgIpc) is 2.89. The van der Waals surface area contributed by atoms with Crippen molar-refractivity contribution in [1.29, 1.82) is 0 Å². The van der Waals surface area contributed by atoms with E-state index in [2.05, 4.69) is 5.32 Å². The molecule has 1 heterocycles. The molecule has 1 fully saturated rings. The summed E-state index contributed by atoms with van der Waals surface area (Å²) in [7, 11) is 1.83. The molecular weight excluding hydrogens is 357 g/mol. The van der Waals surface area contributed by atoms with E-state index in [4.69, 9.17) is 0 Å². The fourth-order valence-electron chi connectivity index (χ4n) is 3.73. The molecule has 5 nitrogen and oxygen atoms in total. The number of rotatable bonds is 7. The van der Waals surface area contributed by atoms with E-state index in [0.717, 1.165) is 11.1 Å². The largest absolute Gasteiger partial charge is 0.326 e. The van der Waals surface area contributed by atoms with Gasteiger partial charge in [-0.3, -0.25) is 9.69 Å². The van der Waals surface area contributed by atoms with Crippen LogP contribution < -0.4 is 5.32 Å². The van der Waals surface area contributed by atoms with E-state index >= 15 is 0 Å². The zero-order valence-electron chi connectivity index (χ0n) is 16.5. The van der Waals surface area contributed by atoms with E-state index in [1.165, 1.54) is 17.0 Å². The Kier molecular flexibility index (Phi) is 5.79. The highest BCUT2D eigenvalue weighted by atomic mass is 19.1. The van der Waals surface area contributed by atoms with Crippen LogP contribution in [0.3, 0.4) is 0 Å². The topological polar surface area (TPSA) is 52.7 Å². The molecular formula is C22H26FN3O2. The Bertz CT molecular complexity index is 839. The quantitative estimate of drug-likeness (QED) is 0.742. The molecule has 0 spiro atoms. The summed E-state index contributed by atoms with van der Waals surface area (Å²) in [4.78, 5) is 29.2. The maximum atomic E-state index is 13.4. The van der Waals surface area contributed by atoms with Gasteiger partial charge in [-0.1, -0.05) is 56.3 Å². The number of urea groups is 1. The zero-order chi connectivity index (χ0) is 20.3. The summed E-state index contributed by atoms with van der Waals surface area (Å²) in [5, 5.41) is 2.95. The molecule has 1 aliphatic heterocycles. The minimum absolute atomic E-state index is 0.161. The Hall–Kier alpha value is -2.73. The first-order valence-corrected chi connectivity index (χ1v) is 9.44. The molecule has 0 radical (unpaired) electrons. The van der Waals surface area contributed by atoms with E-state index in [1.807, 2.05) is 56.1 Å². The lowest BCUT2D eigenvalue weighted by Gasteiger charge is -2.29. The smallest absolute Gasteiger partial charge is 0.319 e. The van der Waals surface area contributed by atoms with Crippen LogP contribution in [0.4, 0.5) is 9.18 Å². The Balaban J connectivity index is 1.80. The van der Waals surface area contributed by atoms with Gasteiger partial charge in [-0.15, -0.1) is 0 Å². The maximum absolute atomic E-state index is 13.4. The standard InChI is InChI=1S/C22H26FN3O2/c1-16(2)13-22(18-7-5-4-6-8-18)20(27)26(21(28)24-22)15-25(3)14-17-9-11-19(23)12-10-17/h4-12,16H,13-15H2,1-3H3,(H,24,28)/t22-/m1/s1. The van der Waals surface area contributed by atoms with Gasteiger partial charge in [-0.25, -0.2) is 14.1 Å². The fraction of sp³-hybridized carbons (Fsp3) is 0.364. The van der Waals surface area contributed by atoms with Gasteiger partial charge in [0.15, 0.2) is 0 Å². The molecule has 1 N–H and O–H groups in total. The van der Waals surface area contributed by atoms with Crippen LogP contribution in [0, 0.1) is 11.7 Å². The molecule has 3 amide bonds. The monoisotopic (exact) mass is 383 g/mol. The minimum atomic E-state index is -1.04. The number of nitrogens with one attached hydrogen (secondary N) is 1. The zero-order valence-corrected chi connectivity index (χ0v) is 16.5. The number of carbonyl (C=O) groups excluding carboxylic acids is 2. The van der Waals surface area contributed by atoms with Gasteiger partial charge in [0.2, 0.25) is 0 Å². The lowest BCUT2D eigenvalue weighted by atomic mass is 9.82. The van der Waals surface area contributed by atoms with Crippen molar-refractivity contribution in [3.05, 3.63) is 71.5 Å². The summed E-state index contributed by atoms with van der Waals surface area (Å²) in [5.41, 5.74) is 0.668. The molecule has 6 heteroatoms. The van der Waals surface area contributed by atoms with Crippen LogP contribution in [0.5, 0.6) is 0 Å². The SMILES string of the molecule is CC(C)C[C@]1(c2ccccc2)NC(=O)N(CN(C)Cc2ccc(F)cc2)C1=O. The normalized spacial score (nSPS) is 19.6. The summed E-state index contributed by atoms with van der Waals surface area (Å²) in [6, 6.07) is 15.2. The number of hydrogen-bond acceptors (Lipinski definition) is 3. The molecule has 0 saturated carbocycles. The molecule has 2 aromatic rings. The third kappa shape index (κ3) is 4.07. The molecule has 3 rings (SSSR count). The fourth-order valence-corrected chi connectivity index (χ4v) is 3.73. The van der Waals surface area contributed by atoms with Gasteiger partial charge >= 0.3 is 6.03 Å². The molecule has 1 aliphatic rings. The summed E-state index contributed by atoms with van der Waals surface area (Å²) in [5.74, 6) is -0.300. The first-order chi connectivity index (χ1) is 13.3. The van der Waals surface area contributed by atoms with Crippen molar-refractivity contribution < 1.29 is 14.0 Å². The second kappa shape index (κ2) is 8.10. The van der Waals surface area contributed by atoms with Crippen molar-refractivity contribution in [2.45, 2.75) is 32.4 Å². The number of carbonyl (C=O) groups is 2. The van der Waals surface area contributed by atoms with Crippen LogP contribution in [0.1, 0.15) is 31.4 Å². The van der Waals surface area contributed by atoms with E-state index < -0.39 is 5.54 Å². The second-order valence-electron chi connectivity index (χ2n) is 7.81. The molecule has 0 aromatic heterocycles. The summed E-state index contributed by atoms with van der Waals surface area (Å²) in [6.07, 6.45) is 0.528. The predicted octanol–water partition coefficient (Wildman–Crippen LogP) is 3.71. The molecule has 1 atom stereocenters. The van der Waals surface area contributed by atoms with Gasteiger partial charge in [0.25, 0.3) is 5.91 Å². The van der Waals surface area contributed by atoms with Gasteiger partial charge in [-0.05, 0) is 42.6 Å². The van der Waals surface area contributed by atoms with Crippen LogP contribution in [-0.4, -0.2) is 35.5 Å². The predicted molar refractivity (Wildman–Crippen MR) is 106 cm³/mol. The molecule has 148 valence electrons. The molecule has 1 saturated heterocycles. The number of benzene rings is 2. The van der Waals surface area contributed by atoms with Gasteiger partial charge < -0.3 is 5.32 Å². The lowest BCUT2D eigenvalue weighted by Crippen LogP contribution is -2.46. The molecule has 0 aliphatic carbocycles. The third-order valence-electron chi connectivity index (χ3n) is 4.91. The van der Waals surface area contributed by atoms with Crippen LogP contribution >= 0.6 is 0 Å². The van der Waals surface area contributed by atoms with Crippen LogP contribution in [0.15, 0.2) is 54.6 Å². The Labute approximate surface area is 165 Å². The summed E-state index contributed by atoms with van der Waals surface area (Å²) in [6.45, 7) is 4.73. The first kappa shape index (κ1) is 20.0. The van der Waals surface area contributed by atoms with E-state index in [1.54, 1.807) is 12.1 Å². The molecule has 28 heavy (non-hydrogen) atoms. The van der Waals surface area contributed by atoms with Crippen molar-refractivity contribution in [2.75, 3.05) is 13.7 Å². The van der Waals surface area contributed by atoms with Crippen LogP contribution in [0.2, 0.25) is 0 Å². The maximum Gasteiger partial charge on any atom is 0.326 e. The second-order valence-corrected chi connectivity index (χ2v) is 7.81. The van der Waals surface area contributed by atoms with Crippen molar-refractivity contribution in [2.24, 2.45) is 5.92 Å². The van der Waals surface area contributed by atoms with E-state index in [9.17, 15) is 14.0 Å². The highest BCUT2D eigenvalue weighted by Crippen LogP contribution is 2.35. The Morgan fingerprint density at radius 2 is 1.71 bits per heavy atom. The average molecular weight is 383 g/mol. The number of imide groups is 1. The van der Waals surface area contributed by atoms with E-state index in [-0.39, 0.29) is 30.3 Å². The molecule has 0 unspecified atom stereocenters. The number of amides is 3. The van der Waals surface area contributed by atoms with Crippen LogP contribution in [0.25, 0.3) is 0 Å². The number of nitrogens with zero attached hydrogens (tertiary/aromatic N) is 2. The van der Waals surface area contributed by atoms with Crippen molar-refractivity contribution >= 4 is 11.9 Å². The minimum Gasteiger partial charge on any atom is -0.319 e. The van der Waals surface area contributed by atoms with Crippen molar-refractivity contribution in [3.63, 3.8) is 0 Å². The lowest BCUT2D eigenvalue weighted by molar-refractivity contribution is -0.133.